The van der Waals surface area contributed by atoms with E-state index < -0.39 is 5.91 Å². The Morgan fingerprint density at radius 1 is 1.12 bits per heavy atom. The summed E-state index contributed by atoms with van der Waals surface area (Å²) in [7, 11) is 0. The van der Waals surface area contributed by atoms with E-state index in [0.29, 0.717) is 0 Å². The summed E-state index contributed by atoms with van der Waals surface area (Å²) in [6.45, 7) is 3.29. The lowest BCUT2D eigenvalue weighted by Crippen LogP contribution is -2.36. The fourth-order valence-electron chi connectivity index (χ4n) is 2.48. The van der Waals surface area contributed by atoms with Crippen molar-refractivity contribution in [1.82, 2.24) is 5.43 Å². The minimum Gasteiger partial charge on any atom is -0.507 e. The number of benzene rings is 2. The number of phenols is 1. The maximum atomic E-state index is 11.9. The molecule has 2 N–H and O–H groups in total. The average Bonchev–Trinajstić information content (AvgIpc) is 2.63. The molecule has 0 saturated carbocycles. The standard InChI is InChI=1S/C18H19N3O3/c22-17-4-2-1-3-16(17)18(23)20-19-13-14-5-7-15(8-6-14)21-9-11-24-12-10-21/h1-8,13,22H,9-12H2,(H,20,23). The van der Waals surface area contributed by atoms with Crippen LogP contribution in [0.2, 0.25) is 0 Å². The summed E-state index contributed by atoms with van der Waals surface area (Å²) in [5.41, 5.74) is 4.63. The molecule has 6 nitrogen and oxygen atoms in total. The molecule has 24 heavy (non-hydrogen) atoms. The van der Waals surface area contributed by atoms with Crippen molar-refractivity contribution in [2.75, 3.05) is 31.2 Å². The van der Waals surface area contributed by atoms with Gasteiger partial charge in [0.2, 0.25) is 0 Å². The fraction of sp³-hybridized carbons (Fsp3) is 0.222. The number of rotatable bonds is 4. The zero-order chi connectivity index (χ0) is 16.8. The molecule has 2 aromatic rings. The number of ether oxygens (including phenoxy) is 1. The van der Waals surface area contributed by atoms with E-state index in [4.69, 9.17) is 4.74 Å². The summed E-state index contributed by atoms with van der Waals surface area (Å²) in [6.07, 6.45) is 1.57. The highest BCUT2D eigenvalue weighted by Crippen LogP contribution is 2.16. The minimum absolute atomic E-state index is 0.0694. The molecule has 3 rings (SSSR count). The van der Waals surface area contributed by atoms with Crippen molar-refractivity contribution in [3.63, 3.8) is 0 Å². The van der Waals surface area contributed by atoms with Crippen LogP contribution < -0.4 is 10.3 Å². The highest BCUT2D eigenvalue weighted by molar-refractivity contribution is 5.97. The SMILES string of the molecule is O=C(NN=Cc1ccc(N2CCOCC2)cc1)c1ccccc1O. The molecule has 1 amide bonds. The second-order valence-corrected chi connectivity index (χ2v) is 5.41. The van der Waals surface area contributed by atoms with Crippen molar-refractivity contribution < 1.29 is 14.6 Å². The maximum Gasteiger partial charge on any atom is 0.275 e. The first-order valence-electron chi connectivity index (χ1n) is 7.78. The van der Waals surface area contributed by atoms with E-state index in [1.807, 2.05) is 24.3 Å². The van der Waals surface area contributed by atoms with Gasteiger partial charge in [0.1, 0.15) is 5.75 Å². The smallest absolute Gasteiger partial charge is 0.275 e. The summed E-state index contributed by atoms with van der Waals surface area (Å²) in [5, 5.41) is 13.6. The van der Waals surface area contributed by atoms with E-state index in [1.54, 1.807) is 18.3 Å². The Morgan fingerprint density at radius 3 is 2.54 bits per heavy atom. The van der Waals surface area contributed by atoms with Gasteiger partial charge in [0.05, 0.1) is 25.0 Å². The van der Waals surface area contributed by atoms with Crippen molar-refractivity contribution in [2.24, 2.45) is 5.10 Å². The van der Waals surface area contributed by atoms with Gasteiger partial charge in [-0.15, -0.1) is 0 Å². The zero-order valence-corrected chi connectivity index (χ0v) is 13.2. The number of morpholine rings is 1. The Kier molecular flexibility index (Phi) is 5.08. The van der Waals surface area contributed by atoms with Crippen LogP contribution in [0.5, 0.6) is 5.75 Å². The number of anilines is 1. The lowest BCUT2D eigenvalue weighted by molar-refractivity contribution is 0.0952. The van der Waals surface area contributed by atoms with E-state index in [2.05, 4.69) is 15.4 Å². The molecular weight excluding hydrogens is 306 g/mol. The van der Waals surface area contributed by atoms with Gasteiger partial charge < -0.3 is 14.7 Å². The van der Waals surface area contributed by atoms with E-state index >= 15 is 0 Å². The van der Waals surface area contributed by atoms with Gasteiger partial charge >= 0.3 is 0 Å². The first kappa shape index (κ1) is 16.0. The molecule has 0 spiro atoms. The van der Waals surface area contributed by atoms with Crippen molar-refractivity contribution in [1.29, 1.82) is 0 Å². The molecule has 0 bridgehead atoms. The first-order valence-corrected chi connectivity index (χ1v) is 7.78. The monoisotopic (exact) mass is 325 g/mol. The number of para-hydroxylation sites is 1. The van der Waals surface area contributed by atoms with Crippen LogP contribution in [0, 0.1) is 0 Å². The number of hydrogen-bond acceptors (Lipinski definition) is 5. The van der Waals surface area contributed by atoms with Gasteiger partial charge in [-0.2, -0.15) is 5.10 Å². The number of phenolic OH excluding ortho intramolecular Hbond substituents is 1. The van der Waals surface area contributed by atoms with Crippen LogP contribution in [0.15, 0.2) is 53.6 Å². The number of nitrogens with one attached hydrogen (secondary N) is 1. The Morgan fingerprint density at radius 2 is 1.83 bits per heavy atom. The lowest BCUT2D eigenvalue weighted by Gasteiger charge is -2.28. The first-order chi connectivity index (χ1) is 11.7. The summed E-state index contributed by atoms with van der Waals surface area (Å²) < 4.78 is 5.34. The summed E-state index contributed by atoms with van der Waals surface area (Å²) in [5.74, 6) is -0.519. The van der Waals surface area contributed by atoms with Gasteiger partial charge in [-0.3, -0.25) is 4.79 Å². The Balaban J connectivity index is 1.58. The summed E-state index contributed by atoms with van der Waals surface area (Å²) in [6, 6.07) is 14.3. The zero-order valence-electron chi connectivity index (χ0n) is 13.2. The van der Waals surface area contributed by atoms with Gasteiger partial charge in [0.25, 0.3) is 5.91 Å². The van der Waals surface area contributed by atoms with Crippen molar-refractivity contribution in [3.8, 4) is 5.75 Å². The molecule has 6 heteroatoms. The molecule has 1 aliphatic rings. The highest BCUT2D eigenvalue weighted by Gasteiger charge is 2.11. The quantitative estimate of drug-likeness (QED) is 0.666. The Bertz CT molecular complexity index is 723. The second-order valence-electron chi connectivity index (χ2n) is 5.41. The van der Waals surface area contributed by atoms with E-state index in [9.17, 15) is 9.90 Å². The molecule has 0 atom stereocenters. The molecule has 0 unspecified atom stereocenters. The highest BCUT2D eigenvalue weighted by atomic mass is 16.5. The Labute approximate surface area is 140 Å². The number of hydrazone groups is 1. The van der Waals surface area contributed by atoms with Gasteiger partial charge in [-0.1, -0.05) is 24.3 Å². The van der Waals surface area contributed by atoms with Crippen LogP contribution in [0.25, 0.3) is 0 Å². The largest absolute Gasteiger partial charge is 0.507 e. The molecule has 1 aliphatic heterocycles. The summed E-state index contributed by atoms with van der Waals surface area (Å²) >= 11 is 0. The number of hydrogen-bond donors (Lipinski definition) is 2. The predicted octanol–water partition coefficient (Wildman–Crippen LogP) is 1.99. The molecule has 1 saturated heterocycles. The molecule has 2 aromatic carbocycles. The predicted molar refractivity (Wildman–Crippen MR) is 92.6 cm³/mol. The average molecular weight is 325 g/mol. The van der Waals surface area contributed by atoms with E-state index in [0.717, 1.165) is 37.6 Å². The topological polar surface area (TPSA) is 74.2 Å². The van der Waals surface area contributed by atoms with Crippen molar-refractivity contribution in [3.05, 3.63) is 59.7 Å². The molecule has 0 radical (unpaired) electrons. The number of amides is 1. The second kappa shape index (κ2) is 7.61. The Hall–Kier alpha value is -2.86. The molecule has 1 heterocycles. The van der Waals surface area contributed by atoms with Crippen LogP contribution in [-0.4, -0.2) is 43.5 Å². The van der Waals surface area contributed by atoms with Crippen LogP contribution in [-0.2, 0) is 4.74 Å². The van der Waals surface area contributed by atoms with Crippen LogP contribution in [0.4, 0.5) is 5.69 Å². The van der Waals surface area contributed by atoms with Crippen LogP contribution >= 0.6 is 0 Å². The molecule has 0 aromatic heterocycles. The number of carbonyl (C=O) groups is 1. The van der Waals surface area contributed by atoms with E-state index in [-0.39, 0.29) is 11.3 Å². The van der Waals surface area contributed by atoms with E-state index in [1.165, 1.54) is 12.1 Å². The lowest BCUT2D eigenvalue weighted by atomic mass is 10.2. The fourth-order valence-corrected chi connectivity index (χ4v) is 2.48. The third-order valence-electron chi connectivity index (χ3n) is 3.80. The normalized spacial score (nSPS) is 14.8. The third-order valence-corrected chi connectivity index (χ3v) is 3.80. The van der Waals surface area contributed by atoms with Gasteiger partial charge in [0, 0.05) is 18.8 Å². The van der Waals surface area contributed by atoms with Crippen molar-refractivity contribution >= 4 is 17.8 Å². The molecule has 0 aliphatic carbocycles. The molecular formula is C18H19N3O3. The third kappa shape index (κ3) is 3.91. The molecule has 1 fully saturated rings. The summed E-state index contributed by atoms with van der Waals surface area (Å²) in [4.78, 5) is 14.2. The van der Waals surface area contributed by atoms with Crippen LogP contribution in [0.1, 0.15) is 15.9 Å². The number of aromatic hydroxyl groups is 1. The maximum absolute atomic E-state index is 11.9. The van der Waals surface area contributed by atoms with Gasteiger partial charge in [-0.05, 0) is 29.8 Å². The number of carbonyl (C=O) groups excluding carboxylic acids is 1. The van der Waals surface area contributed by atoms with Crippen LogP contribution in [0.3, 0.4) is 0 Å². The number of nitrogens with zero attached hydrogens (tertiary/aromatic N) is 2. The van der Waals surface area contributed by atoms with Gasteiger partial charge in [-0.25, -0.2) is 5.43 Å². The van der Waals surface area contributed by atoms with Crippen molar-refractivity contribution in [2.45, 2.75) is 0 Å². The van der Waals surface area contributed by atoms with Gasteiger partial charge in [0.15, 0.2) is 0 Å². The minimum atomic E-state index is -0.450. The molecule has 124 valence electrons.